The lowest BCUT2D eigenvalue weighted by Gasteiger charge is -2.15. The smallest absolute Gasteiger partial charge is 0.285 e. The van der Waals surface area contributed by atoms with E-state index in [1.54, 1.807) is 37.5 Å². The number of hydrazine groups is 1. The van der Waals surface area contributed by atoms with Gasteiger partial charge in [0.2, 0.25) is 0 Å². The molecule has 6 nitrogen and oxygen atoms in total. The van der Waals surface area contributed by atoms with Gasteiger partial charge in [-0.2, -0.15) is 5.01 Å². The fraction of sp³-hybridized carbons (Fsp3) is 0.150. The molecular formula is C20H17BrN2O4S2. The van der Waals surface area contributed by atoms with Crippen molar-refractivity contribution in [3.8, 4) is 11.5 Å². The largest absolute Gasteiger partial charge is 0.497 e. The van der Waals surface area contributed by atoms with Crippen LogP contribution in [0.3, 0.4) is 0 Å². The predicted octanol–water partition coefficient (Wildman–Crippen LogP) is 4.40. The first-order valence-corrected chi connectivity index (χ1v) is 10.6. The minimum atomic E-state index is -0.442. The highest BCUT2D eigenvalue weighted by Crippen LogP contribution is 2.34. The molecule has 0 saturated carbocycles. The Morgan fingerprint density at radius 3 is 2.66 bits per heavy atom. The van der Waals surface area contributed by atoms with Crippen molar-refractivity contribution in [1.29, 1.82) is 0 Å². The van der Waals surface area contributed by atoms with Crippen LogP contribution in [0.5, 0.6) is 11.5 Å². The number of hydrogen-bond donors (Lipinski definition) is 1. The first-order chi connectivity index (χ1) is 13.9. The lowest BCUT2D eigenvalue weighted by Crippen LogP contribution is -2.44. The Labute approximate surface area is 186 Å². The number of thioether (sulfide) groups is 1. The number of methoxy groups -OCH3 is 1. The Bertz CT molecular complexity index is 992. The fourth-order valence-electron chi connectivity index (χ4n) is 2.53. The fourth-order valence-corrected chi connectivity index (χ4v) is 4.08. The number of ether oxygens (including phenoxy) is 2. The summed E-state index contributed by atoms with van der Waals surface area (Å²) < 4.78 is 11.8. The number of amides is 2. The average molecular weight is 493 g/mol. The summed E-state index contributed by atoms with van der Waals surface area (Å²) in [6, 6.07) is 12.1. The molecule has 1 aliphatic heterocycles. The molecule has 9 heteroatoms. The molecule has 1 aliphatic rings. The molecule has 0 spiro atoms. The standard InChI is InChI=1S/C20H17BrN2O4S2/c1-3-27-16-9-6-14(21)10-13(16)11-17-19(25)23(20(28)29-17)22-18(24)12-4-7-15(26-2)8-5-12/h4-11H,3H2,1-2H3,(H,22,24)/b17-11+. The average Bonchev–Trinajstić information content (AvgIpc) is 2.97. The van der Waals surface area contributed by atoms with Crippen LogP contribution in [0.1, 0.15) is 22.8 Å². The highest BCUT2D eigenvalue weighted by Gasteiger charge is 2.34. The molecule has 1 N–H and O–H groups in total. The van der Waals surface area contributed by atoms with Gasteiger partial charge in [-0.3, -0.25) is 15.0 Å². The summed E-state index contributed by atoms with van der Waals surface area (Å²) in [6.45, 7) is 2.39. The molecule has 2 aromatic rings. The number of carbonyl (C=O) groups is 2. The zero-order valence-corrected chi connectivity index (χ0v) is 18.8. The van der Waals surface area contributed by atoms with Gasteiger partial charge >= 0.3 is 0 Å². The Morgan fingerprint density at radius 1 is 1.28 bits per heavy atom. The number of nitrogens with one attached hydrogen (secondary N) is 1. The molecule has 29 heavy (non-hydrogen) atoms. The molecule has 2 aromatic carbocycles. The van der Waals surface area contributed by atoms with Crippen molar-refractivity contribution in [3.05, 3.63) is 63.0 Å². The quantitative estimate of drug-likeness (QED) is 0.475. The van der Waals surface area contributed by atoms with E-state index in [0.29, 0.717) is 28.6 Å². The zero-order valence-electron chi connectivity index (χ0n) is 15.6. The summed E-state index contributed by atoms with van der Waals surface area (Å²) in [5.41, 5.74) is 3.68. The van der Waals surface area contributed by atoms with Gasteiger partial charge in [0.05, 0.1) is 18.6 Å². The van der Waals surface area contributed by atoms with E-state index in [1.165, 1.54) is 0 Å². The van der Waals surface area contributed by atoms with E-state index in [1.807, 2.05) is 25.1 Å². The molecule has 3 rings (SSSR count). The molecule has 0 bridgehead atoms. The summed E-state index contributed by atoms with van der Waals surface area (Å²) in [4.78, 5) is 25.7. The van der Waals surface area contributed by atoms with Crippen molar-refractivity contribution < 1.29 is 19.1 Å². The number of benzene rings is 2. The van der Waals surface area contributed by atoms with E-state index in [4.69, 9.17) is 21.7 Å². The van der Waals surface area contributed by atoms with Gasteiger partial charge in [-0.25, -0.2) is 0 Å². The van der Waals surface area contributed by atoms with Gasteiger partial charge in [-0.15, -0.1) is 0 Å². The molecule has 1 heterocycles. The van der Waals surface area contributed by atoms with E-state index in [2.05, 4.69) is 21.4 Å². The van der Waals surface area contributed by atoms with Crippen molar-refractivity contribution >= 4 is 62.1 Å². The Kier molecular flexibility index (Phi) is 6.94. The van der Waals surface area contributed by atoms with E-state index < -0.39 is 11.8 Å². The van der Waals surface area contributed by atoms with Gasteiger partial charge in [-0.1, -0.05) is 27.7 Å². The molecule has 1 saturated heterocycles. The third-order valence-electron chi connectivity index (χ3n) is 3.92. The minimum Gasteiger partial charge on any atom is -0.497 e. The number of carbonyl (C=O) groups excluding carboxylic acids is 2. The predicted molar refractivity (Wildman–Crippen MR) is 121 cm³/mol. The maximum atomic E-state index is 12.8. The monoisotopic (exact) mass is 492 g/mol. The molecular weight excluding hydrogens is 476 g/mol. The van der Waals surface area contributed by atoms with E-state index in [0.717, 1.165) is 26.8 Å². The van der Waals surface area contributed by atoms with Crippen molar-refractivity contribution in [2.45, 2.75) is 6.92 Å². The maximum absolute atomic E-state index is 12.8. The molecule has 2 amide bonds. The summed E-state index contributed by atoms with van der Waals surface area (Å²) in [5, 5.41) is 1.08. The van der Waals surface area contributed by atoms with Crippen molar-refractivity contribution in [2.24, 2.45) is 0 Å². The van der Waals surface area contributed by atoms with Crippen LogP contribution < -0.4 is 14.9 Å². The van der Waals surface area contributed by atoms with Gasteiger partial charge in [0, 0.05) is 15.6 Å². The second-order valence-corrected chi connectivity index (χ2v) is 8.39. The van der Waals surface area contributed by atoms with Gasteiger partial charge < -0.3 is 9.47 Å². The number of halogens is 1. The third kappa shape index (κ3) is 4.98. The molecule has 150 valence electrons. The summed E-state index contributed by atoms with van der Waals surface area (Å²) in [7, 11) is 1.55. The summed E-state index contributed by atoms with van der Waals surface area (Å²) >= 11 is 9.82. The molecule has 0 aliphatic carbocycles. The van der Waals surface area contributed by atoms with E-state index in [9.17, 15) is 9.59 Å². The van der Waals surface area contributed by atoms with Crippen LogP contribution in [0.2, 0.25) is 0 Å². The third-order valence-corrected chi connectivity index (χ3v) is 5.71. The molecule has 0 atom stereocenters. The summed E-state index contributed by atoms with van der Waals surface area (Å²) in [5.74, 6) is 0.449. The van der Waals surface area contributed by atoms with Crippen molar-refractivity contribution in [3.63, 3.8) is 0 Å². The summed E-state index contributed by atoms with van der Waals surface area (Å²) in [6.07, 6.45) is 1.70. The highest BCUT2D eigenvalue weighted by molar-refractivity contribution is 9.10. The topological polar surface area (TPSA) is 67.9 Å². The van der Waals surface area contributed by atoms with Gasteiger partial charge in [0.15, 0.2) is 4.32 Å². The molecule has 0 radical (unpaired) electrons. The second kappa shape index (κ2) is 9.43. The normalized spacial score (nSPS) is 15.0. The lowest BCUT2D eigenvalue weighted by atomic mass is 10.2. The first kappa shape index (κ1) is 21.4. The van der Waals surface area contributed by atoms with Crippen LogP contribution in [-0.4, -0.2) is 34.9 Å². The molecule has 0 aromatic heterocycles. The van der Waals surface area contributed by atoms with Crippen LogP contribution in [0.4, 0.5) is 0 Å². The van der Waals surface area contributed by atoms with Crippen LogP contribution in [-0.2, 0) is 4.79 Å². The minimum absolute atomic E-state index is 0.246. The van der Waals surface area contributed by atoms with Crippen LogP contribution >= 0.6 is 39.9 Å². The number of thiocarbonyl (C=S) groups is 1. The van der Waals surface area contributed by atoms with E-state index in [-0.39, 0.29) is 4.32 Å². The van der Waals surface area contributed by atoms with Gasteiger partial charge in [-0.05, 0) is 67.7 Å². The Balaban J connectivity index is 1.80. The maximum Gasteiger partial charge on any atom is 0.285 e. The molecule has 0 unspecified atom stereocenters. The Hall–Kier alpha value is -2.36. The lowest BCUT2D eigenvalue weighted by molar-refractivity contribution is -0.123. The van der Waals surface area contributed by atoms with Gasteiger partial charge in [0.25, 0.3) is 11.8 Å². The molecule has 1 fully saturated rings. The van der Waals surface area contributed by atoms with Crippen molar-refractivity contribution in [1.82, 2.24) is 10.4 Å². The van der Waals surface area contributed by atoms with Crippen molar-refractivity contribution in [2.75, 3.05) is 13.7 Å². The number of rotatable bonds is 6. The first-order valence-electron chi connectivity index (χ1n) is 8.58. The van der Waals surface area contributed by atoms with Crippen LogP contribution in [0.25, 0.3) is 6.08 Å². The number of nitrogens with zero attached hydrogens (tertiary/aromatic N) is 1. The van der Waals surface area contributed by atoms with E-state index >= 15 is 0 Å². The van der Waals surface area contributed by atoms with Crippen LogP contribution in [0, 0.1) is 0 Å². The highest BCUT2D eigenvalue weighted by atomic mass is 79.9. The number of hydrogen-bond acceptors (Lipinski definition) is 6. The zero-order chi connectivity index (χ0) is 21.0. The Morgan fingerprint density at radius 2 is 2.00 bits per heavy atom. The van der Waals surface area contributed by atoms with Gasteiger partial charge in [0.1, 0.15) is 11.5 Å². The van der Waals surface area contributed by atoms with Crippen LogP contribution in [0.15, 0.2) is 51.8 Å². The second-order valence-electron chi connectivity index (χ2n) is 5.80. The SMILES string of the molecule is CCOc1ccc(Br)cc1/C=C1/SC(=S)N(NC(=O)c2ccc(OC)cc2)C1=O.